The van der Waals surface area contributed by atoms with Crippen molar-refractivity contribution in [2.24, 2.45) is 4.99 Å². The van der Waals surface area contributed by atoms with Crippen LogP contribution in [0.25, 0.3) is 0 Å². The zero-order chi connectivity index (χ0) is 11.8. The third-order valence-electron chi connectivity index (χ3n) is 2.20. The highest BCUT2D eigenvalue weighted by Crippen LogP contribution is 2.21. The average molecular weight is 245 g/mol. The molecule has 0 aromatic heterocycles. The fourth-order valence-electron chi connectivity index (χ4n) is 1.24. The van der Waals surface area contributed by atoms with Crippen LogP contribution >= 0.6 is 11.8 Å². The molecule has 0 aromatic carbocycles. The van der Waals surface area contributed by atoms with Crippen molar-refractivity contribution < 1.29 is 9.53 Å². The van der Waals surface area contributed by atoms with Crippen LogP contribution in [0.2, 0.25) is 0 Å². The van der Waals surface area contributed by atoms with Gasteiger partial charge in [0.25, 0.3) is 0 Å². The number of nitrogens with zero attached hydrogens (tertiary/aromatic N) is 1. The molecule has 1 unspecified atom stereocenters. The molecule has 0 aliphatic carbocycles. The molecular formula is C10H19N3O2S. The second-order valence-corrected chi connectivity index (χ2v) is 4.78. The molecule has 0 aromatic rings. The summed E-state index contributed by atoms with van der Waals surface area (Å²) in [5, 5.41) is 7.23. The minimum atomic E-state index is -0.0275. The standard InChI is InChI=1S/C10H19N3O2S/c1-3-8-6-12-10(16-8)13-7-9(14)11-4-5-15-2/h8H,3-7H2,1-2H3,(H,11,14)(H,12,13). The second kappa shape index (κ2) is 7.51. The summed E-state index contributed by atoms with van der Waals surface area (Å²) in [6.45, 7) is 4.38. The van der Waals surface area contributed by atoms with E-state index in [2.05, 4.69) is 22.5 Å². The van der Waals surface area contributed by atoms with E-state index in [9.17, 15) is 4.79 Å². The zero-order valence-electron chi connectivity index (χ0n) is 9.78. The topological polar surface area (TPSA) is 62.7 Å². The summed E-state index contributed by atoms with van der Waals surface area (Å²) >= 11 is 1.72. The molecule has 1 atom stereocenters. The lowest BCUT2D eigenvalue weighted by molar-refractivity contribution is -0.120. The Morgan fingerprint density at radius 3 is 3.12 bits per heavy atom. The van der Waals surface area contributed by atoms with Crippen molar-refractivity contribution in [3.05, 3.63) is 0 Å². The van der Waals surface area contributed by atoms with E-state index in [0.717, 1.165) is 18.1 Å². The van der Waals surface area contributed by atoms with Crippen LogP contribution in [-0.2, 0) is 9.53 Å². The Morgan fingerprint density at radius 2 is 2.50 bits per heavy atom. The summed E-state index contributed by atoms with van der Waals surface area (Å²) in [4.78, 5) is 15.7. The maximum absolute atomic E-state index is 11.3. The molecule has 0 saturated heterocycles. The fourth-order valence-corrected chi connectivity index (χ4v) is 2.17. The molecule has 5 nitrogen and oxygen atoms in total. The Morgan fingerprint density at radius 1 is 1.69 bits per heavy atom. The van der Waals surface area contributed by atoms with E-state index in [1.165, 1.54) is 0 Å². The second-order valence-electron chi connectivity index (χ2n) is 3.49. The van der Waals surface area contributed by atoms with Crippen LogP contribution in [0.15, 0.2) is 4.99 Å². The number of aliphatic imine (C=N–C) groups is 1. The van der Waals surface area contributed by atoms with E-state index in [1.807, 2.05) is 0 Å². The molecule has 92 valence electrons. The van der Waals surface area contributed by atoms with Crippen molar-refractivity contribution in [3.8, 4) is 0 Å². The first-order valence-corrected chi connectivity index (χ1v) is 6.34. The number of amidine groups is 1. The third kappa shape index (κ3) is 4.85. The van der Waals surface area contributed by atoms with E-state index in [4.69, 9.17) is 4.74 Å². The Kier molecular flexibility index (Phi) is 6.25. The summed E-state index contributed by atoms with van der Waals surface area (Å²) in [5.41, 5.74) is 0. The molecule has 0 fully saturated rings. The van der Waals surface area contributed by atoms with E-state index in [1.54, 1.807) is 18.9 Å². The van der Waals surface area contributed by atoms with Crippen LogP contribution in [0.3, 0.4) is 0 Å². The Bertz CT molecular complexity index is 258. The van der Waals surface area contributed by atoms with Crippen molar-refractivity contribution >= 4 is 22.8 Å². The summed E-state index contributed by atoms with van der Waals surface area (Å²) < 4.78 is 4.84. The predicted octanol–water partition coefficient (Wildman–Crippen LogP) is 0.220. The summed E-state index contributed by atoms with van der Waals surface area (Å²) in [5.74, 6) is -0.0275. The first-order valence-electron chi connectivity index (χ1n) is 5.46. The maximum Gasteiger partial charge on any atom is 0.239 e. The van der Waals surface area contributed by atoms with Gasteiger partial charge in [0.05, 0.1) is 19.7 Å². The number of hydrogen-bond donors (Lipinski definition) is 2. The van der Waals surface area contributed by atoms with Gasteiger partial charge in [-0.3, -0.25) is 9.79 Å². The first-order chi connectivity index (χ1) is 7.76. The van der Waals surface area contributed by atoms with Gasteiger partial charge < -0.3 is 15.4 Å². The van der Waals surface area contributed by atoms with E-state index < -0.39 is 0 Å². The number of nitrogens with one attached hydrogen (secondary N) is 2. The SMILES string of the molecule is CCC1CN=C(NCC(=O)NCCOC)S1. The van der Waals surface area contributed by atoms with Crippen LogP contribution < -0.4 is 10.6 Å². The summed E-state index contributed by atoms with van der Waals surface area (Å²) in [7, 11) is 1.61. The molecule has 0 spiro atoms. The maximum atomic E-state index is 11.3. The van der Waals surface area contributed by atoms with Gasteiger partial charge in [-0.1, -0.05) is 18.7 Å². The van der Waals surface area contributed by atoms with Crippen molar-refractivity contribution in [3.63, 3.8) is 0 Å². The van der Waals surface area contributed by atoms with Gasteiger partial charge >= 0.3 is 0 Å². The number of amides is 1. The number of methoxy groups -OCH3 is 1. The molecule has 2 N–H and O–H groups in total. The summed E-state index contributed by atoms with van der Waals surface area (Å²) in [6.07, 6.45) is 1.11. The molecule has 1 rings (SSSR count). The highest BCUT2D eigenvalue weighted by atomic mass is 32.2. The molecule has 0 saturated carbocycles. The minimum Gasteiger partial charge on any atom is -0.383 e. The normalized spacial score (nSPS) is 19.4. The van der Waals surface area contributed by atoms with Crippen LogP contribution in [0.1, 0.15) is 13.3 Å². The number of hydrogen-bond acceptors (Lipinski definition) is 5. The van der Waals surface area contributed by atoms with E-state index >= 15 is 0 Å². The van der Waals surface area contributed by atoms with E-state index in [-0.39, 0.29) is 12.5 Å². The predicted molar refractivity (Wildman–Crippen MR) is 66.9 cm³/mol. The third-order valence-corrected chi connectivity index (χ3v) is 3.51. The number of carbonyl (C=O) groups is 1. The van der Waals surface area contributed by atoms with Crippen molar-refractivity contribution in [1.29, 1.82) is 0 Å². The van der Waals surface area contributed by atoms with Gasteiger partial charge in [-0.15, -0.1) is 0 Å². The Balaban J connectivity index is 2.08. The van der Waals surface area contributed by atoms with Gasteiger partial charge in [-0.25, -0.2) is 0 Å². The first kappa shape index (κ1) is 13.3. The number of carbonyl (C=O) groups excluding carboxylic acids is 1. The zero-order valence-corrected chi connectivity index (χ0v) is 10.6. The van der Waals surface area contributed by atoms with Crippen molar-refractivity contribution in [1.82, 2.24) is 10.6 Å². The highest BCUT2D eigenvalue weighted by molar-refractivity contribution is 8.14. The average Bonchev–Trinajstić information content (AvgIpc) is 2.74. The van der Waals surface area contributed by atoms with Gasteiger partial charge in [0.2, 0.25) is 5.91 Å². The van der Waals surface area contributed by atoms with Crippen molar-refractivity contribution in [2.45, 2.75) is 18.6 Å². The van der Waals surface area contributed by atoms with E-state index in [0.29, 0.717) is 18.4 Å². The highest BCUT2D eigenvalue weighted by Gasteiger charge is 2.17. The van der Waals surface area contributed by atoms with Gasteiger partial charge in [-0.05, 0) is 6.42 Å². The number of thioether (sulfide) groups is 1. The lowest BCUT2D eigenvalue weighted by Crippen LogP contribution is -2.37. The largest absolute Gasteiger partial charge is 0.383 e. The van der Waals surface area contributed by atoms with Crippen LogP contribution in [0.4, 0.5) is 0 Å². The van der Waals surface area contributed by atoms with Crippen molar-refractivity contribution in [2.75, 3.05) is 33.4 Å². The molecular weight excluding hydrogens is 226 g/mol. The fraction of sp³-hybridized carbons (Fsp3) is 0.800. The molecule has 6 heteroatoms. The molecule has 16 heavy (non-hydrogen) atoms. The summed E-state index contributed by atoms with van der Waals surface area (Å²) in [6, 6.07) is 0. The van der Waals surface area contributed by atoms with Gasteiger partial charge in [0, 0.05) is 18.9 Å². The molecule has 1 aliphatic heterocycles. The van der Waals surface area contributed by atoms with Gasteiger partial charge in [-0.2, -0.15) is 0 Å². The van der Waals surface area contributed by atoms with Gasteiger partial charge in [0.1, 0.15) is 0 Å². The molecule has 0 bridgehead atoms. The monoisotopic (exact) mass is 245 g/mol. The molecule has 1 aliphatic rings. The molecule has 1 heterocycles. The smallest absolute Gasteiger partial charge is 0.239 e. The number of ether oxygens (including phenoxy) is 1. The van der Waals surface area contributed by atoms with Crippen LogP contribution in [0, 0.1) is 0 Å². The molecule has 0 radical (unpaired) electrons. The lowest BCUT2D eigenvalue weighted by Gasteiger charge is -2.07. The van der Waals surface area contributed by atoms with Crippen LogP contribution in [0.5, 0.6) is 0 Å². The van der Waals surface area contributed by atoms with Gasteiger partial charge in [0.15, 0.2) is 5.17 Å². The molecule has 1 amide bonds. The Hall–Kier alpha value is -0.750. The lowest BCUT2D eigenvalue weighted by atomic mass is 10.3. The number of rotatable bonds is 6. The quantitative estimate of drug-likeness (QED) is 0.657. The Labute approximate surface area is 100 Å². The minimum absolute atomic E-state index is 0.0275. The van der Waals surface area contributed by atoms with Crippen LogP contribution in [-0.4, -0.2) is 49.7 Å².